The van der Waals surface area contributed by atoms with Crippen molar-refractivity contribution in [1.82, 2.24) is 10.2 Å². The first kappa shape index (κ1) is 20.1. The van der Waals surface area contributed by atoms with Gasteiger partial charge in [-0.25, -0.2) is 0 Å². The van der Waals surface area contributed by atoms with Crippen molar-refractivity contribution >= 4 is 11.8 Å². The fourth-order valence-electron chi connectivity index (χ4n) is 3.51. The van der Waals surface area contributed by atoms with Gasteiger partial charge < -0.3 is 19.7 Å². The summed E-state index contributed by atoms with van der Waals surface area (Å²) in [4.78, 5) is 27.1. The lowest BCUT2D eigenvalue weighted by Crippen LogP contribution is -2.36. The Morgan fingerprint density at radius 3 is 2.54 bits per heavy atom. The molecular formula is C20H30N2O4. The van der Waals surface area contributed by atoms with Crippen LogP contribution in [0.25, 0.3) is 0 Å². The SMILES string of the molecule is CCCNC(=O)[C@@H]1CN(C(=O)C(C)C)C[C@H]1c1cccc(OC)c1OC. The average molecular weight is 362 g/mol. The van der Waals surface area contributed by atoms with Crippen LogP contribution in [0.3, 0.4) is 0 Å². The van der Waals surface area contributed by atoms with Crippen LogP contribution in [0.5, 0.6) is 11.5 Å². The lowest BCUT2D eigenvalue weighted by atomic mass is 9.87. The summed E-state index contributed by atoms with van der Waals surface area (Å²) in [7, 11) is 3.19. The van der Waals surface area contributed by atoms with E-state index in [0.717, 1.165) is 12.0 Å². The number of nitrogens with zero attached hydrogens (tertiary/aromatic N) is 1. The molecule has 1 aromatic rings. The zero-order valence-corrected chi connectivity index (χ0v) is 16.4. The Kier molecular flexibility index (Phi) is 6.89. The molecular weight excluding hydrogens is 332 g/mol. The molecule has 26 heavy (non-hydrogen) atoms. The number of para-hydroxylation sites is 1. The van der Waals surface area contributed by atoms with Crippen molar-refractivity contribution in [1.29, 1.82) is 0 Å². The maximum absolute atomic E-state index is 12.8. The van der Waals surface area contributed by atoms with Gasteiger partial charge in [0.1, 0.15) is 0 Å². The molecule has 1 aliphatic rings. The van der Waals surface area contributed by atoms with Gasteiger partial charge in [0.25, 0.3) is 0 Å². The van der Waals surface area contributed by atoms with Crippen molar-refractivity contribution in [2.24, 2.45) is 11.8 Å². The van der Waals surface area contributed by atoms with Crippen molar-refractivity contribution in [2.45, 2.75) is 33.1 Å². The topological polar surface area (TPSA) is 67.9 Å². The van der Waals surface area contributed by atoms with E-state index < -0.39 is 0 Å². The molecule has 1 heterocycles. The standard InChI is InChI=1S/C20H30N2O4/c1-6-10-21-19(23)16-12-22(20(24)13(2)3)11-15(16)14-8-7-9-17(25-4)18(14)26-5/h7-9,13,15-16H,6,10-12H2,1-5H3,(H,21,23)/t15-,16+/m0/s1. The lowest BCUT2D eigenvalue weighted by Gasteiger charge is -2.21. The molecule has 0 spiro atoms. The second kappa shape index (κ2) is 8.92. The van der Waals surface area contributed by atoms with Gasteiger partial charge in [0.05, 0.1) is 20.1 Å². The van der Waals surface area contributed by atoms with Crippen LogP contribution in [0.2, 0.25) is 0 Å². The molecule has 1 aromatic carbocycles. The highest BCUT2D eigenvalue weighted by Crippen LogP contribution is 2.42. The predicted octanol–water partition coefficient (Wildman–Crippen LogP) is 2.43. The molecule has 1 saturated heterocycles. The zero-order chi connectivity index (χ0) is 19.3. The monoisotopic (exact) mass is 362 g/mol. The van der Waals surface area contributed by atoms with E-state index in [0.29, 0.717) is 31.1 Å². The molecule has 0 radical (unpaired) electrons. The van der Waals surface area contributed by atoms with E-state index in [1.807, 2.05) is 39.0 Å². The molecule has 0 saturated carbocycles. The van der Waals surface area contributed by atoms with Crippen LogP contribution in [0, 0.1) is 11.8 Å². The summed E-state index contributed by atoms with van der Waals surface area (Å²) in [5.41, 5.74) is 0.905. The van der Waals surface area contributed by atoms with Gasteiger partial charge in [-0.1, -0.05) is 32.9 Å². The van der Waals surface area contributed by atoms with Crippen LogP contribution in [0.15, 0.2) is 18.2 Å². The summed E-state index contributed by atoms with van der Waals surface area (Å²) in [5.74, 6) is 0.798. The number of methoxy groups -OCH3 is 2. The third-order valence-corrected chi connectivity index (χ3v) is 4.84. The third-order valence-electron chi connectivity index (χ3n) is 4.84. The zero-order valence-electron chi connectivity index (χ0n) is 16.4. The summed E-state index contributed by atoms with van der Waals surface area (Å²) >= 11 is 0. The molecule has 0 bridgehead atoms. The number of rotatable bonds is 7. The van der Waals surface area contributed by atoms with Crippen molar-refractivity contribution in [2.75, 3.05) is 33.9 Å². The van der Waals surface area contributed by atoms with E-state index in [-0.39, 0.29) is 29.6 Å². The van der Waals surface area contributed by atoms with E-state index in [4.69, 9.17) is 9.47 Å². The fraction of sp³-hybridized carbons (Fsp3) is 0.600. The highest BCUT2D eigenvalue weighted by Gasteiger charge is 2.42. The minimum atomic E-state index is -0.301. The lowest BCUT2D eigenvalue weighted by molar-refractivity contribution is -0.133. The molecule has 0 aliphatic carbocycles. The Morgan fingerprint density at radius 1 is 1.23 bits per heavy atom. The first-order chi connectivity index (χ1) is 12.4. The van der Waals surface area contributed by atoms with E-state index in [2.05, 4.69) is 5.32 Å². The third kappa shape index (κ3) is 4.11. The molecule has 2 amide bonds. The number of carbonyl (C=O) groups is 2. The Morgan fingerprint density at radius 2 is 1.96 bits per heavy atom. The average Bonchev–Trinajstić information content (AvgIpc) is 3.09. The number of benzene rings is 1. The van der Waals surface area contributed by atoms with Crippen molar-refractivity contribution in [3.63, 3.8) is 0 Å². The van der Waals surface area contributed by atoms with Crippen LogP contribution >= 0.6 is 0 Å². The highest BCUT2D eigenvalue weighted by molar-refractivity contribution is 5.84. The molecule has 1 aliphatic heterocycles. The molecule has 2 atom stereocenters. The van der Waals surface area contributed by atoms with E-state index in [9.17, 15) is 9.59 Å². The second-order valence-corrected chi connectivity index (χ2v) is 6.98. The summed E-state index contributed by atoms with van der Waals surface area (Å²) in [6.45, 7) is 7.35. The van der Waals surface area contributed by atoms with E-state index in [1.54, 1.807) is 19.1 Å². The Bertz CT molecular complexity index is 645. The predicted molar refractivity (Wildman–Crippen MR) is 100 cm³/mol. The normalized spacial score (nSPS) is 19.5. The highest BCUT2D eigenvalue weighted by atomic mass is 16.5. The number of hydrogen-bond donors (Lipinski definition) is 1. The van der Waals surface area contributed by atoms with Crippen LogP contribution < -0.4 is 14.8 Å². The van der Waals surface area contributed by atoms with Crippen molar-refractivity contribution < 1.29 is 19.1 Å². The molecule has 6 nitrogen and oxygen atoms in total. The molecule has 1 fully saturated rings. The first-order valence-electron chi connectivity index (χ1n) is 9.21. The number of amides is 2. The smallest absolute Gasteiger partial charge is 0.225 e. The second-order valence-electron chi connectivity index (χ2n) is 6.98. The van der Waals surface area contributed by atoms with Gasteiger partial charge in [-0.3, -0.25) is 9.59 Å². The Hall–Kier alpha value is -2.24. The van der Waals surface area contributed by atoms with E-state index in [1.165, 1.54) is 0 Å². The summed E-state index contributed by atoms with van der Waals surface area (Å²) in [5, 5.41) is 2.98. The van der Waals surface area contributed by atoms with Gasteiger partial charge in [0.2, 0.25) is 11.8 Å². The van der Waals surface area contributed by atoms with Gasteiger partial charge in [0.15, 0.2) is 11.5 Å². The molecule has 2 rings (SSSR count). The maximum atomic E-state index is 12.8. The van der Waals surface area contributed by atoms with Gasteiger partial charge in [0, 0.05) is 37.0 Å². The number of nitrogens with one attached hydrogen (secondary N) is 1. The minimum Gasteiger partial charge on any atom is -0.493 e. The molecule has 6 heteroatoms. The van der Waals surface area contributed by atoms with Gasteiger partial charge in [-0.05, 0) is 12.5 Å². The summed E-state index contributed by atoms with van der Waals surface area (Å²) in [6, 6.07) is 5.68. The minimum absolute atomic E-state index is 0.0132. The van der Waals surface area contributed by atoms with Crippen molar-refractivity contribution in [3.05, 3.63) is 23.8 Å². The van der Waals surface area contributed by atoms with Crippen LogP contribution in [-0.2, 0) is 9.59 Å². The molecule has 144 valence electrons. The molecule has 0 aromatic heterocycles. The summed E-state index contributed by atoms with van der Waals surface area (Å²) in [6.07, 6.45) is 0.875. The largest absolute Gasteiger partial charge is 0.493 e. The fourth-order valence-corrected chi connectivity index (χ4v) is 3.51. The van der Waals surface area contributed by atoms with Gasteiger partial charge in [-0.2, -0.15) is 0 Å². The molecule has 1 N–H and O–H groups in total. The Balaban J connectivity index is 2.38. The van der Waals surface area contributed by atoms with Crippen LogP contribution in [0.4, 0.5) is 0 Å². The number of hydrogen-bond acceptors (Lipinski definition) is 4. The van der Waals surface area contributed by atoms with Crippen LogP contribution in [0.1, 0.15) is 38.7 Å². The summed E-state index contributed by atoms with van der Waals surface area (Å²) < 4.78 is 11.0. The molecule has 0 unspecified atom stereocenters. The maximum Gasteiger partial charge on any atom is 0.225 e. The Labute approximate surface area is 155 Å². The number of carbonyl (C=O) groups excluding carboxylic acids is 2. The number of likely N-dealkylation sites (tertiary alicyclic amines) is 1. The van der Waals surface area contributed by atoms with Gasteiger partial charge >= 0.3 is 0 Å². The quantitative estimate of drug-likeness (QED) is 0.809. The number of ether oxygens (including phenoxy) is 2. The van der Waals surface area contributed by atoms with E-state index >= 15 is 0 Å². The first-order valence-corrected chi connectivity index (χ1v) is 9.21. The van der Waals surface area contributed by atoms with Crippen molar-refractivity contribution in [3.8, 4) is 11.5 Å². The van der Waals surface area contributed by atoms with Gasteiger partial charge in [-0.15, -0.1) is 0 Å². The van der Waals surface area contributed by atoms with Crippen LogP contribution in [-0.4, -0.2) is 50.6 Å².